The summed E-state index contributed by atoms with van der Waals surface area (Å²) >= 11 is 1.72. The van der Waals surface area contributed by atoms with Crippen molar-refractivity contribution in [3.05, 3.63) is 51.7 Å². The summed E-state index contributed by atoms with van der Waals surface area (Å²) < 4.78 is 28.3. The van der Waals surface area contributed by atoms with E-state index in [1.165, 1.54) is 9.75 Å². The van der Waals surface area contributed by atoms with Crippen LogP contribution in [0.3, 0.4) is 0 Å². The number of sulfonamides is 1. The zero-order chi connectivity index (χ0) is 16.4. The third-order valence-electron chi connectivity index (χ3n) is 4.47. The van der Waals surface area contributed by atoms with Gasteiger partial charge in [0.25, 0.3) is 0 Å². The van der Waals surface area contributed by atoms with Crippen LogP contribution in [0.25, 0.3) is 0 Å². The molecule has 2 aromatic rings. The van der Waals surface area contributed by atoms with Crippen molar-refractivity contribution >= 4 is 21.4 Å². The molecule has 5 heteroatoms. The molecule has 1 fully saturated rings. The van der Waals surface area contributed by atoms with E-state index in [-0.39, 0.29) is 6.04 Å². The van der Waals surface area contributed by atoms with Gasteiger partial charge in [-0.25, -0.2) is 8.42 Å². The lowest BCUT2D eigenvalue weighted by Gasteiger charge is -2.29. The topological polar surface area (TPSA) is 37.4 Å². The summed E-state index contributed by atoms with van der Waals surface area (Å²) in [5.74, 6) is 0. The van der Waals surface area contributed by atoms with Crippen molar-refractivity contribution < 1.29 is 8.42 Å². The van der Waals surface area contributed by atoms with Gasteiger partial charge in [-0.1, -0.05) is 31.0 Å². The van der Waals surface area contributed by atoms with E-state index in [1.807, 2.05) is 25.1 Å². The highest BCUT2D eigenvalue weighted by molar-refractivity contribution is 7.89. The summed E-state index contributed by atoms with van der Waals surface area (Å²) in [5.41, 5.74) is 0.817. The standard InChI is InChI=1S/C18H23NO2S2/c1-14-8-5-6-10-18(14)23(20,21)19-13-7-3-4-9-16(19)17-12-11-15(2)22-17/h5-6,8,10-12,16H,3-4,7,9,13H2,1-2H3/t16-/m0/s1. The third-order valence-corrected chi connectivity index (χ3v) is 7.64. The average molecular weight is 350 g/mol. The molecule has 0 N–H and O–H groups in total. The normalized spacial score (nSPS) is 20.3. The summed E-state index contributed by atoms with van der Waals surface area (Å²) in [6.45, 7) is 4.55. The Kier molecular flexibility index (Phi) is 4.90. The number of nitrogens with zero attached hydrogens (tertiary/aromatic N) is 1. The van der Waals surface area contributed by atoms with Crippen LogP contribution in [-0.4, -0.2) is 19.3 Å². The van der Waals surface area contributed by atoms with Crippen LogP contribution in [0, 0.1) is 13.8 Å². The molecule has 1 aliphatic heterocycles. The number of hydrogen-bond acceptors (Lipinski definition) is 3. The second-order valence-electron chi connectivity index (χ2n) is 6.19. The molecule has 1 aromatic carbocycles. The van der Waals surface area contributed by atoms with Crippen LogP contribution < -0.4 is 0 Å². The summed E-state index contributed by atoms with van der Waals surface area (Å²) in [7, 11) is -3.46. The zero-order valence-electron chi connectivity index (χ0n) is 13.7. The quantitative estimate of drug-likeness (QED) is 0.807. The highest BCUT2D eigenvalue weighted by atomic mass is 32.2. The van der Waals surface area contributed by atoms with Crippen LogP contribution in [0.4, 0.5) is 0 Å². The minimum Gasteiger partial charge on any atom is -0.207 e. The highest BCUT2D eigenvalue weighted by Gasteiger charge is 2.34. The molecule has 0 radical (unpaired) electrons. The van der Waals surface area contributed by atoms with Crippen molar-refractivity contribution in [1.82, 2.24) is 4.31 Å². The van der Waals surface area contributed by atoms with E-state index in [0.717, 1.165) is 31.2 Å². The smallest absolute Gasteiger partial charge is 0.207 e. The maximum atomic E-state index is 13.3. The van der Waals surface area contributed by atoms with E-state index >= 15 is 0 Å². The summed E-state index contributed by atoms with van der Waals surface area (Å²) in [5, 5.41) is 0. The Morgan fingerprint density at radius 2 is 1.83 bits per heavy atom. The molecule has 0 unspecified atom stereocenters. The first-order valence-corrected chi connectivity index (χ1v) is 10.4. The first kappa shape index (κ1) is 16.7. The average Bonchev–Trinajstić information content (AvgIpc) is 2.80. The van der Waals surface area contributed by atoms with E-state index in [0.29, 0.717) is 11.4 Å². The van der Waals surface area contributed by atoms with Crippen molar-refractivity contribution in [3.8, 4) is 0 Å². The van der Waals surface area contributed by atoms with Crippen LogP contribution in [-0.2, 0) is 10.0 Å². The van der Waals surface area contributed by atoms with Gasteiger partial charge in [-0.2, -0.15) is 4.31 Å². The van der Waals surface area contributed by atoms with Gasteiger partial charge in [0.1, 0.15) is 0 Å². The Balaban J connectivity index is 2.04. The van der Waals surface area contributed by atoms with Gasteiger partial charge >= 0.3 is 0 Å². The van der Waals surface area contributed by atoms with E-state index in [2.05, 4.69) is 19.1 Å². The predicted molar refractivity (Wildman–Crippen MR) is 95.3 cm³/mol. The Hall–Kier alpha value is -1.17. The minimum absolute atomic E-state index is 0.0270. The fourth-order valence-corrected chi connectivity index (χ4v) is 6.25. The van der Waals surface area contributed by atoms with Gasteiger partial charge in [0.05, 0.1) is 10.9 Å². The molecule has 1 atom stereocenters. The van der Waals surface area contributed by atoms with Crippen molar-refractivity contribution in [3.63, 3.8) is 0 Å². The maximum absolute atomic E-state index is 13.3. The van der Waals surface area contributed by atoms with Crippen molar-refractivity contribution in [2.24, 2.45) is 0 Å². The molecule has 124 valence electrons. The molecule has 2 heterocycles. The van der Waals surface area contributed by atoms with Gasteiger partial charge < -0.3 is 0 Å². The molecular weight excluding hydrogens is 326 g/mol. The predicted octanol–water partition coefficient (Wildman–Crippen LogP) is 4.67. The number of aryl methyl sites for hydroxylation is 2. The fraction of sp³-hybridized carbons (Fsp3) is 0.444. The van der Waals surface area contributed by atoms with Gasteiger partial charge in [0.15, 0.2) is 0 Å². The van der Waals surface area contributed by atoms with Crippen LogP contribution in [0.5, 0.6) is 0 Å². The molecule has 1 aliphatic rings. The first-order chi connectivity index (χ1) is 11.0. The van der Waals surface area contributed by atoms with E-state index in [9.17, 15) is 8.42 Å². The van der Waals surface area contributed by atoms with E-state index in [4.69, 9.17) is 0 Å². The Morgan fingerprint density at radius 1 is 1.04 bits per heavy atom. The van der Waals surface area contributed by atoms with Gasteiger partial charge in [-0.05, 0) is 50.5 Å². The first-order valence-electron chi connectivity index (χ1n) is 8.14. The van der Waals surface area contributed by atoms with Crippen LogP contribution >= 0.6 is 11.3 Å². The summed E-state index contributed by atoms with van der Waals surface area (Å²) in [6, 6.07) is 11.4. The monoisotopic (exact) mass is 349 g/mol. The molecule has 3 nitrogen and oxygen atoms in total. The summed E-state index contributed by atoms with van der Waals surface area (Å²) in [6.07, 6.45) is 4.03. The molecule has 3 rings (SSSR count). The van der Waals surface area contributed by atoms with Crippen molar-refractivity contribution in [2.75, 3.05) is 6.54 Å². The molecule has 0 aliphatic carbocycles. The van der Waals surface area contributed by atoms with Gasteiger partial charge in [-0.15, -0.1) is 11.3 Å². The van der Waals surface area contributed by atoms with Crippen molar-refractivity contribution in [2.45, 2.75) is 50.5 Å². The number of rotatable bonds is 3. The molecule has 1 saturated heterocycles. The molecule has 0 spiro atoms. The number of hydrogen-bond donors (Lipinski definition) is 0. The lowest BCUT2D eigenvalue weighted by Crippen LogP contribution is -2.34. The Morgan fingerprint density at radius 3 is 2.52 bits per heavy atom. The zero-order valence-corrected chi connectivity index (χ0v) is 15.3. The highest BCUT2D eigenvalue weighted by Crippen LogP contribution is 2.38. The molecule has 0 amide bonds. The SMILES string of the molecule is Cc1ccc([C@@H]2CCCCCN2S(=O)(=O)c2ccccc2C)s1. The Bertz CT molecular complexity index is 780. The molecular formula is C18H23NO2S2. The maximum Gasteiger partial charge on any atom is 0.243 e. The van der Waals surface area contributed by atoms with Crippen molar-refractivity contribution in [1.29, 1.82) is 0 Å². The fourth-order valence-electron chi connectivity index (χ4n) is 3.26. The minimum atomic E-state index is -3.46. The lowest BCUT2D eigenvalue weighted by atomic mass is 10.1. The van der Waals surface area contributed by atoms with Crippen LogP contribution in [0.1, 0.15) is 47.0 Å². The molecule has 1 aromatic heterocycles. The molecule has 23 heavy (non-hydrogen) atoms. The number of benzene rings is 1. The lowest BCUT2D eigenvalue weighted by molar-refractivity contribution is 0.333. The number of thiophene rings is 1. The molecule has 0 bridgehead atoms. The van der Waals surface area contributed by atoms with E-state index < -0.39 is 10.0 Å². The largest absolute Gasteiger partial charge is 0.243 e. The van der Waals surface area contributed by atoms with Crippen LogP contribution in [0.2, 0.25) is 0 Å². The van der Waals surface area contributed by atoms with Gasteiger partial charge in [0.2, 0.25) is 10.0 Å². The van der Waals surface area contributed by atoms with Gasteiger partial charge in [0, 0.05) is 16.3 Å². The van der Waals surface area contributed by atoms with Crippen LogP contribution in [0.15, 0.2) is 41.3 Å². The second-order valence-corrected chi connectivity index (χ2v) is 9.37. The van der Waals surface area contributed by atoms with E-state index in [1.54, 1.807) is 21.7 Å². The van der Waals surface area contributed by atoms with Gasteiger partial charge in [-0.3, -0.25) is 0 Å². The second kappa shape index (κ2) is 6.75. The summed E-state index contributed by atoms with van der Waals surface area (Å²) in [4.78, 5) is 2.85. The third kappa shape index (κ3) is 3.37. The Labute approximate surface area is 143 Å². The molecule has 0 saturated carbocycles.